The lowest BCUT2D eigenvalue weighted by Gasteiger charge is -1.98. The molecule has 0 amide bonds. The Balaban J connectivity index is 2.34. The number of hydrogen-bond acceptors (Lipinski definition) is 3. The van der Waals surface area contributed by atoms with E-state index in [4.69, 9.17) is 10.8 Å². The number of nitrogen functional groups attached to an aromatic ring is 1. The average molecular weight is 217 g/mol. The van der Waals surface area contributed by atoms with Crippen molar-refractivity contribution in [2.45, 2.75) is 6.54 Å². The molecule has 2 rings (SSSR count). The molecule has 0 aliphatic carbocycles. The standard InChI is InChI=1S/C11H11N3O2/c12-10-6-9(8-4-2-1-3-5-8)13-14(10)7-11(15)16/h1-6H,7,12H2,(H,15,16). The van der Waals surface area contributed by atoms with E-state index in [0.717, 1.165) is 5.56 Å². The molecule has 0 bridgehead atoms. The van der Waals surface area contributed by atoms with Gasteiger partial charge in [-0.15, -0.1) is 0 Å². The fraction of sp³-hybridized carbons (Fsp3) is 0.0909. The highest BCUT2D eigenvalue weighted by atomic mass is 16.4. The van der Waals surface area contributed by atoms with E-state index in [1.807, 2.05) is 30.3 Å². The van der Waals surface area contributed by atoms with E-state index in [1.54, 1.807) is 6.07 Å². The van der Waals surface area contributed by atoms with Crippen molar-refractivity contribution in [3.05, 3.63) is 36.4 Å². The third-order valence-electron chi connectivity index (χ3n) is 2.17. The summed E-state index contributed by atoms with van der Waals surface area (Å²) in [6.45, 7) is -0.224. The summed E-state index contributed by atoms with van der Waals surface area (Å²) in [4.78, 5) is 10.6. The number of benzene rings is 1. The SMILES string of the molecule is Nc1cc(-c2ccccc2)nn1CC(=O)O. The topological polar surface area (TPSA) is 81.1 Å². The number of anilines is 1. The van der Waals surface area contributed by atoms with Crippen LogP contribution in [0.3, 0.4) is 0 Å². The minimum Gasteiger partial charge on any atom is -0.480 e. The molecule has 1 heterocycles. The zero-order valence-corrected chi connectivity index (χ0v) is 8.50. The van der Waals surface area contributed by atoms with Crippen LogP contribution >= 0.6 is 0 Å². The average Bonchev–Trinajstić information content (AvgIpc) is 2.61. The van der Waals surface area contributed by atoms with Gasteiger partial charge in [0, 0.05) is 11.6 Å². The normalized spacial score (nSPS) is 10.2. The molecule has 0 unspecified atom stereocenters. The minimum absolute atomic E-state index is 0.224. The Morgan fingerprint density at radius 3 is 2.69 bits per heavy atom. The molecule has 0 spiro atoms. The van der Waals surface area contributed by atoms with Gasteiger partial charge in [-0.2, -0.15) is 5.10 Å². The lowest BCUT2D eigenvalue weighted by atomic mass is 10.2. The number of carbonyl (C=O) groups is 1. The number of carboxylic acid groups (broad SMARTS) is 1. The molecule has 2 aromatic rings. The first-order chi connectivity index (χ1) is 7.66. The molecule has 0 aliphatic rings. The van der Waals surface area contributed by atoms with Crippen LogP contribution in [0.1, 0.15) is 0 Å². The van der Waals surface area contributed by atoms with Crippen LogP contribution < -0.4 is 5.73 Å². The molecule has 0 aliphatic heterocycles. The van der Waals surface area contributed by atoms with Gasteiger partial charge in [-0.1, -0.05) is 30.3 Å². The highest BCUT2D eigenvalue weighted by molar-refractivity contribution is 5.68. The van der Waals surface area contributed by atoms with Crippen LogP contribution in [0.25, 0.3) is 11.3 Å². The van der Waals surface area contributed by atoms with Crippen molar-refractivity contribution >= 4 is 11.8 Å². The van der Waals surface area contributed by atoms with E-state index in [1.165, 1.54) is 4.68 Å². The van der Waals surface area contributed by atoms with Gasteiger partial charge < -0.3 is 10.8 Å². The number of rotatable bonds is 3. The summed E-state index contributed by atoms with van der Waals surface area (Å²) >= 11 is 0. The Kier molecular flexibility index (Phi) is 2.59. The maximum absolute atomic E-state index is 10.6. The van der Waals surface area contributed by atoms with E-state index < -0.39 is 5.97 Å². The Hall–Kier alpha value is -2.30. The number of aromatic nitrogens is 2. The summed E-state index contributed by atoms with van der Waals surface area (Å²) in [5.41, 5.74) is 7.26. The van der Waals surface area contributed by atoms with Crippen LogP contribution in [0.5, 0.6) is 0 Å². The molecule has 16 heavy (non-hydrogen) atoms. The molecule has 0 saturated heterocycles. The van der Waals surface area contributed by atoms with Gasteiger partial charge in [-0.25, -0.2) is 4.68 Å². The molecule has 82 valence electrons. The fourth-order valence-electron chi connectivity index (χ4n) is 1.44. The van der Waals surface area contributed by atoms with Gasteiger partial charge in [0.2, 0.25) is 0 Å². The van der Waals surface area contributed by atoms with E-state index in [0.29, 0.717) is 11.5 Å². The molecule has 0 fully saturated rings. The fourth-order valence-corrected chi connectivity index (χ4v) is 1.44. The largest absolute Gasteiger partial charge is 0.480 e. The van der Waals surface area contributed by atoms with Crippen LogP contribution in [0.15, 0.2) is 36.4 Å². The first-order valence-electron chi connectivity index (χ1n) is 4.77. The molecule has 3 N–H and O–H groups in total. The maximum atomic E-state index is 10.6. The number of nitrogens with two attached hydrogens (primary N) is 1. The molecule has 0 radical (unpaired) electrons. The Morgan fingerprint density at radius 2 is 2.06 bits per heavy atom. The third-order valence-corrected chi connectivity index (χ3v) is 2.17. The van der Waals surface area contributed by atoms with E-state index in [9.17, 15) is 4.79 Å². The van der Waals surface area contributed by atoms with Crippen LogP contribution in [0.2, 0.25) is 0 Å². The van der Waals surface area contributed by atoms with Gasteiger partial charge in [-0.05, 0) is 0 Å². The van der Waals surface area contributed by atoms with E-state index in [2.05, 4.69) is 5.10 Å². The first-order valence-corrected chi connectivity index (χ1v) is 4.77. The molecule has 1 aromatic carbocycles. The van der Waals surface area contributed by atoms with Gasteiger partial charge in [0.1, 0.15) is 12.4 Å². The third kappa shape index (κ3) is 2.03. The second kappa shape index (κ2) is 4.06. The summed E-state index contributed by atoms with van der Waals surface area (Å²) in [5.74, 6) is -0.615. The molecule has 0 atom stereocenters. The monoisotopic (exact) mass is 217 g/mol. The highest BCUT2D eigenvalue weighted by Crippen LogP contribution is 2.19. The van der Waals surface area contributed by atoms with Gasteiger partial charge in [-0.3, -0.25) is 4.79 Å². The molecular formula is C11H11N3O2. The zero-order chi connectivity index (χ0) is 11.5. The van der Waals surface area contributed by atoms with E-state index in [-0.39, 0.29) is 6.54 Å². The van der Waals surface area contributed by atoms with Gasteiger partial charge in [0.05, 0.1) is 5.69 Å². The second-order valence-corrected chi connectivity index (χ2v) is 3.37. The molecule has 0 saturated carbocycles. The van der Waals surface area contributed by atoms with E-state index >= 15 is 0 Å². The van der Waals surface area contributed by atoms with Crippen LogP contribution in [0, 0.1) is 0 Å². The lowest BCUT2D eigenvalue weighted by molar-refractivity contribution is -0.137. The molecular weight excluding hydrogens is 206 g/mol. The second-order valence-electron chi connectivity index (χ2n) is 3.37. The van der Waals surface area contributed by atoms with Crippen molar-refractivity contribution in [2.24, 2.45) is 0 Å². The first kappa shape index (κ1) is 10.2. The number of carboxylic acids is 1. The number of aliphatic carboxylic acids is 1. The Bertz CT molecular complexity index is 505. The maximum Gasteiger partial charge on any atom is 0.325 e. The lowest BCUT2D eigenvalue weighted by Crippen LogP contribution is -2.12. The molecule has 5 heteroatoms. The summed E-state index contributed by atoms with van der Waals surface area (Å²) in [5, 5.41) is 12.8. The smallest absolute Gasteiger partial charge is 0.325 e. The van der Waals surface area contributed by atoms with Crippen molar-refractivity contribution in [3.63, 3.8) is 0 Å². The summed E-state index contributed by atoms with van der Waals surface area (Å²) in [7, 11) is 0. The van der Waals surface area contributed by atoms with Crippen molar-refractivity contribution in [3.8, 4) is 11.3 Å². The predicted molar refractivity (Wildman–Crippen MR) is 59.7 cm³/mol. The quantitative estimate of drug-likeness (QED) is 0.809. The van der Waals surface area contributed by atoms with Crippen molar-refractivity contribution in [1.82, 2.24) is 9.78 Å². The van der Waals surface area contributed by atoms with Crippen molar-refractivity contribution in [2.75, 3.05) is 5.73 Å². The highest BCUT2D eigenvalue weighted by Gasteiger charge is 2.08. The van der Waals surface area contributed by atoms with Gasteiger partial charge >= 0.3 is 5.97 Å². The summed E-state index contributed by atoms with van der Waals surface area (Å²) in [6.07, 6.45) is 0. The minimum atomic E-state index is -0.964. The van der Waals surface area contributed by atoms with Gasteiger partial charge in [0.15, 0.2) is 0 Å². The summed E-state index contributed by atoms with van der Waals surface area (Å²) in [6, 6.07) is 11.1. The molecule has 1 aromatic heterocycles. The molecule has 5 nitrogen and oxygen atoms in total. The Morgan fingerprint density at radius 1 is 1.38 bits per heavy atom. The number of nitrogens with zero attached hydrogens (tertiary/aromatic N) is 2. The van der Waals surface area contributed by atoms with Crippen molar-refractivity contribution in [1.29, 1.82) is 0 Å². The van der Waals surface area contributed by atoms with Crippen LogP contribution in [0.4, 0.5) is 5.82 Å². The predicted octanol–water partition coefficient (Wildman–Crippen LogP) is 1.22. The summed E-state index contributed by atoms with van der Waals surface area (Å²) < 4.78 is 1.27. The van der Waals surface area contributed by atoms with Crippen molar-refractivity contribution < 1.29 is 9.90 Å². The number of hydrogen-bond donors (Lipinski definition) is 2. The van der Waals surface area contributed by atoms with Gasteiger partial charge in [0.25, 0.3) is 0 Å². The van der Waals surface area contributed by atoms with Crippen LogP contribution in [-0.2, 0) is 11.3 Å². The van der Waals surface area contributed by atoms with Crippen LogP contribution in [-0.4, -0.2) is 20.9 Å². The Labute approximate surface area is 92.1 Å². The zero-order valence-electron chi connectivity index (χ0n) is 8.50.